The second kappa shape index (κ2) is 4.33. The van der Waals surface area contributed by atoms with E-state index in [0.717, 1.165) is 11.6 Å². The Balaban J connectivity index is 2.41. The summed E-state index contributed by atoms with van der Waals surface area (Å²) in [7, 11) is 0. The molecule has 0 radical (unpaired) electrons. The van der Waals surface area contributed by atoms with E-state index in [2.05, 4.69) is 9.97 Å². The van der Waals surface area contributed by atoms with Crippen molar-refractivity contribution in [3.63, 3.8) is 0 Å². The molecule has 0 unspecified atom stereocenters. The molecule has 2 aromatic rings. The fraction of sp³-hybridized carbons (Fsp3) is 0.385. The average Bonchev–Trinajstić information content (AvgIpc) is 2.66. The topological polar surface area (TPSA) is 66.0 Å². The molecule has 0 aromatic carbocycles. The Morgan fingerprint density at radius 1 is 1.28 bits per heavy atom. The third-order valence-corrected chi connectivity index (χ3v) is 2.35. The molecule has 2 rings (SSSR count). The molecular formula is C13H18N4O. The highest BCUT2D eigenvalue weighted by atomic mass is 16.5. The van der Waals surface area contributed by atoms with Gasteiger partial charge in [-0.15, -0.1) is 0 Å². The lowest BCUT2D eigenvalue weighted by Gasteiger charge is -2.21. The molecule has 0 aliphatic carbocycles. The number of aromatic nitrogens is 3. The van der Waals surface area contributed by atoms with Crippen LogP contribution in [0.4, 0.5) is 5.69 Å². The van der Waals surface area contributed by atoms with E-state index in [-0.39, 0.29) is 5.60 Å². The number of hydrogen-bond acceptors (Lipinski definition) is 4. The van der Waals surface area contributed by atoms with Gasteiger partial charge in [-0.3, -0.25) is 4.57 Å². The van der Waals surface area contributed by atoms with Crippen molar-refractivity contribution in [2.45, 2.75) is 33.3 Å². The SMILES string of the molecule is Cc1nccn1-c1ccc(N)c(OC(C)(C)C)n1. The Labute approximate surface area is 107 Å². The van der Waals surface area contributed by atoms with Crippen LogP contribution >= 0.6 is 0 Å². The first-order chi connectivity index (χ1) is 8.37. The summed E-state index contributed by atoms with van der Waals surface area (Å²) < 4.78 is 7.63. The van der Waals surface area contributed by atoms with Crippen LogP contribution in [0.15, 0.2) is 24.5 Å². The van der Waals surface area contributed by atoms with E-state index in [9.17, 15) is 0 Å². The second-order valence-corrected chi connectivity index (χ2v) is 5.12. The fourth-order valence-electron chi connectivity index (χ4n) is 1.57. The fourth-order valence-corrected chi connectivity index (χ4v) is 1.57. The summed E-state index contributed by atoms with van der Waals surface area (Å²) >= 11 is 0. The van der Waals surface area contributed by atoms with E-state index in [1.165, 1.54) is 0 Å². The minimum atomic E-state index is -0.330. The maximum atomic E-state index is 5.88. The monoisotopic (exact) mass is 246 g/mol. The van der Waals surface area contributed by atoms with Crippen LogP contribution in [-0.4, -0.2) is 20.1 Å². The lowest BCUT2D eigenvalue weighted by Crippen LogP contribution is -2.24. The van der Waals surface area contributed by atoms with E-state index in [0.29, 0.717) is 11.6 Å². The number of nitrogens with two attached hydrogens (primary N) is 1. The molecule has 2 heterocycles. The largest absolute Gasteiger partial charge is 0.470 e. The molecule has 0 aliphatic rings. The molecule has 0 saturated heterocycles. The maximum absolute atomic E-state index is 5.88. The lowest BCUT2D eigenvalue weighted by molar-refractivity contribution is 0.125. The van der Waals surface area contributed by atoms with E-state index in [1.54, 1.807) is 12.3 Å². The van der Waals surface area contributed by atoms with Crippen molar-refractivity contribution < 1.29 is 4.74 Å². The number of aryl methyl sites for hydroxylation is 1. The quantitative estimate of drug-likeness (QED) is 0.883. The van der Waals surface area contributed by atoms with Gasteiger partial charge in [-0.05, 0) is 39.8 Å². The van der Waals surface area contributed by atoms with Crippen molar-refractivity contribution >= 4 is 5.69 Å². The van der Waals surface area contributed by atoms with Gasteiger partial charge in [0.15, 0.2) is 0 Å². The molecule has 0 fully saturated rings. The molecule has 0 saturated carbocycles. The van der Waals surface area contributed by atoms with Crippen molar-refractivity contribution in [2.75, 3.05) is 5.73 Å². The molecule has 5 nitrogen and oxygen atoms in total. The molecule has 18 heavy (non-hydrogen) atoms. The van der Waals surface area contributed by atoms with E-state index >= 15 is 0 Å². The van der Waals surface area contributed by atoms with Crippen molar-refractivity contribution in [3.05, 3.63) is 30.4 Å². The highest BCUT2D eigenvalue weighted by Gasteiger charge is 2.16. The minimum absolute atomic E-state index is 0.330. The number of hydrogen-bond donors (Lipinski definition) is 1. The third kappa shape index (κ3) is 2.61. The highest BCUT2D eigenvalue weighted by molar-refractivity contribution is 5.51. The first-order valence-corrected chi connectivity index (χ1v) is 5.83. The predicted molar refractivity (Wildman–Crippen MR) is 70.9 cm³/mol. The zero-order chi connectivity index (χ0) is 13.3. The van der Waals surface area contributed by atoms with Crippen molar-refractivity contribution in [1.29, 1.82) is 0 Å². The van der Waals surface area contributed by atoms with Gasteiger partial charge in [0.05, 0.1) is 5.69 Å². The van der Waals surface area contributed by atoms with Gasteiger partial charge in [-0.2, -0.15) is 4.98 Å². The average molecular weight is 246 g/mol. The second-order valence-electron chi connectivity index (χ2n) is 5.12. The Morgan fingerprint density at radius 3 is 2.56 bits per heavy atom. The van der Waals surface area contributed by atoms with Crippen LogP contribution in [0.25, 0.3) is 5.82 Å². The van der Waals surface area contributed by atoms with E-state index in [1.807, 2.05) is 44.5 Å². The number of rotatable bonds is 2. The van der Waals surface area contributed by atoms with Crippen molar-refractivity contribution in [3.8, 4) is 11.7 Å². The number of nitrogens with zero attached hydrogens (tertiary/aromatic N) is 3. The van der Waals surface area contributed by atoms with Crippen molar-refractivity contribution in [2.24, 2.45) is 0 Å². The van der Waals surface area contributed by atoms with Crippen LogP contribution in [0.2, 0.25) is 0 Å². The molecule has 0 aliphatic heterocycles. The highest BCUT2D eigenvalue weighted by Crippen LogP contribution is 2.24. The Hall–Kier alpha value is -2.04. The van der Waals surface area contributed by atoms with Crippen LogP contribution in [-0.2, 0) is 0 Å². The van der Waals surface area contributed by atoms with Crippen molar-refractivity contribution in [1.82, 2.24) is 14.5 Å². The number of ether oxygens (including phenoxy) is 1. The maximum Gasteiger partial charge on any atom is 0.239 e. The van der Waals surface area contributed by atoms with Crippen LogP contribution in [0.1, 0.15) is 26.6 Å². The standard InChI is InChI=1S/C13H18N4O/c1-9-15-7-8-17(9)11-6-5-10(14)12(16-11)18-13(2,3)4/h5-8H,14H2,1-4H3. The summed E-state index contributed by atoms with van der Waals surface area (Å²) in [5.41, 5.74) is 6.08. The minimum Gasteiger partial charge on any atom is -0.470 e. The predicted octanol–water partition coefficient (Wildman–Crippen LogP) is 2.34. The molecule has 0 amide bonds. The Kier molecular flexibility index (Phi) is 2.98. The zero-order valence-electron chi connectivity index (χ0n) is 11.1. The molecule has 0 spiro atoms. The molecule has 0 bridgehead atoms. The zero-order valence-corrected chi connectivity index (χ0v) is 11.1. The van der Waals surface area contributed by atoms with Gasteiger partial charge in [0.1, 0.15) is 17.2 Å². The molecule has 5 heteroatoms. The van der Waals surface area contributed by atoms with Gasteiger partial charge in [-0.25, -0.2) is 4.98 Å². The number of pyridine rings is 1. The van der Waals surface area contributed by atoms with E-state index in [4.69, 9.17) is 10.5 Å². The first kappa shape index (κ1) is 12.4. The van der Waals surface area contributed by atoms with Crippen LogP contribution in [0.5, 0.6) is 5.88 Å². The molecular weight excluding hydrogens is 228 g/mol. The summed E-state index contributed by atoms with van der Waals surface area (Å²) in [6, 6.07) is 3.64. The first-order valence-electron chi connectivity index (χ1n) is 5.83. The third-order valence-electron chi connectivity index (χ3n) is 2.35. The molecule has 2 N–H and O–H groups in total. The summed E-state index contributed by atoms with van der Waals surface area (Å²) in [5, 5.41) is 0. The smallest absolute Gasteiger partial charge is 0.239 e. The van der Waals surface area contributed by atoms with Gasteiger partial charge in [0.2, 0.25) is 5.88 Å². The lowest BCUT2D eigenvalue weighted by atomic mass is 10.2. The van der Waals surface area contributed by atoms with E-state index < -0.39 is 0 Å². The van der Waals surface area contributed by atoms with Gasteiger partial charge in [-0.1, -0.05) is 0 Å². The van der Waals surface area contributed by atoms with Gasteiger partial charge < -0.3 is 10.5 Å². The Morgan fingerprint density at radius 2 is 2.00 bits per heavy atom. The van der Waals surface area contributed by atoms with Gasteiger partial charge >= 0.3 is 0 Å². The summed E-state index contributed by atoms with van der Waals surface area (Å²) in [6.45, 7) is 7.80. The summed E-state index contributed by atoms with van der Waals surface area (Å²) in [4.78, 5) is 8.61. The summed E-state index contributed by atoms with van der Waals surface area (Å²) in [6.07, 6.45) is 3.59. The summed E-state index contributed by atoms with van der Waals surface area (Å²) in [5.74, 6) is 2.07. The molecule has 2 aromatic heterocycles. The number of nitrogen functional groups attached to an aromatic ring is 1. The van der Waals surface area contributed by atoms with Crippen LogP contribution in [0.3, 0.4) is 0 Å². The van der Waals surface area contributed by atoms with Crippen LogP contribution in [0, 0.1) is 6.92 Å². The van der Waals surface area contributed by atoms with Gasteiger partial charge in [0.25, 0.3) is 0 Å². The van der Waals surface area contributed by atoms with Crippen LogP contribution < -0.4 is 10.5 Å². The Bertz CT molecular complexity index is 554. The molecule has 0 atom stereocenters. The van der Waals surface area contributed by atoms with Gasteiger partial charge in [0, 0.05) is 12.4 Å². The molecule has 96 valence electrons. The number of anilines is 1. The number of imidazole rings is 1. The normalized spacial score (nSPS) is 11.6.